The van der Waals surface area contributed by atoms with E-state index in [1.807, 2.05) is 36.7 Å². The number of guanidine groups is 1. The molecule has 1 atom stereocenters. The second kappa shape index (κ2) is 11.6. The van der Waals surface area contributed by atoms with Crippen LogP contribution in [0.5, 0.6) is 0 Å². The standard InChI is InChI=1S/C25H32N6O.HI/c1-18-10-11-22(19(2)14-18)23-17-31(12-13-32-23)25(26-15-21-8-6-5-7-9-21)27-16-24-29-28-20(3)30(24)4;/h5-11,14,23H,12-13,15-17H2,1-4H3,(H,26,27);1H. The van der Waals surface area contributed by atoms with E-state index in [4.69, 9.17) is 9.73 Å². The molecule has 8 heteroatoms. The summed E-state index contributed by atoms with van der Waals surface area (Å²) in [6.45, 7) is 9.62. The van der Waals surface area contributed by atoms with Crippen molar-refractivity contribution in [2.24, 2.45) is 12.0 Å². The Morgan fingerprint density at radius 2 is 1.91 bits per heavy atom. The molecular weight excluding hydrogens is 527 g/mol. The number of halogens is 1. The molecule has 2 heterocycles. The van der Waals surface area contributed by atoms with E-state index in [1.54, 1.807) is 0 Å². The average Bonchev–Trinajstić information content (AvgIpc) is 3.12. The third kappa shape index (κ3) is 6.32. The Balaban J connectivity index is 0.00000306. The van der Waals surface area contributed by atoms with Crippen LogP contribution in [0.15, 0.2) is 53.5 Å². The zero-order chi connectivity index (χ0) is 22.5. The van der Waals surface area contributed by atoms with Gasteiger partial charge in [0, 0.05) is 13.6 Å². The SMILES string of the molecule is Cc1ccc(C2CN(C(=NCc3ccccc3)NCc3nnc(C)n3C)CCO2)c(C)c1.I. The van der Waals surface area contributed by atoms with Crippen LogP contribution in [0.4, 0.5) is 0 Å². The lowest BCUT2D eigenvalue weighted by Crippen LogP contribution is -2.48. The van der Waals surface area contributed by atoms with Crippen molar-refractivity contribution in [2.45, 2.75) is 40.0 Å². The van der Waals surface area contributed by atoms with Crippen molar-refractivity contribution in [1.82, 2.24) is 25.0 Å². The molecule has 1 unspecified atom stereocenters. The zero-order valence-corrected chi connectivity index (χ0v) is 22.1. The van der Waals surface area contributed by atoms with Gasteiger partial charge >= 0.3 is 0 Å². The van der Waals surface area contributed by atoms with Crippen LogP contribution in [0.2, 0.25) is 0 Å². The van der Waals surface area contributed by atoms with Gasteiger partial charge in [-0.05, 0) is 37.5 Å². The highest BCUT2D eigenvalue weighted by molar-refractivity contribution is 14.0. The highest BCUT2D eigenvalue weighted by Crippen LogP contribution is 2.26. The fourth-order valence-electron chi connectivity index (χ4n) is 4.00. The maximum Gasteiger partial charge on any atom is 0.194 e. The maximum absolute atomic E-state index is 6.16. The van der Waals surface area contributed by atoms with E-state index in [9.17, 15) is 0 Å². The van der Waals surface area contributed by atoms with E-state index in [0.717, 1.165) is 30.7 Å². The molecule has 3 aromatic rings. The Morgan fingerprint density at radius 1 is 1.12 bits per heavy atom. The lowest BCUT2D eigenvalue weighted by atomic mass is 10.00. The van der Waals surface area contributed by atoms with Gasteiger partial charge in [-0.25, -0.2) is 4.99 Å². The van der Waals surface area contributed by atoms with E-state index in [2.05, 4.69) is 64.6 Å². The number of aliphatic imine (C=N–C) groups is 1. The third-order valence-electron chi connectivity index (χ3n) is 5.98. The minimum absolute atomic E-state index is 0. The summed E-state index contributed by atoms with van der Waals surface area (Å²) in [5.41, 5.74) is 4.96. The molecule has 176 valence electrons. The van der Waals surface area contributed by atoms with Gasteiger partial charge in [0.15, 0.2) is 11.8 Å². The number of hydrogen-bond acceptors (Lipinski definition) is 4. The second-order valence-corrected chi connectivity index (χ2v) is 8.37. The van der Waals surface area contributed by atoms with Crippen molar-refractivity contribution in [3.8, 4) is 0 Å². The molecule has 0 radical (unpaired) electrons. The summed E-state index contributed by atoms with van der Waals surface area (Å²) in [5, 5.41) is 12.0. The molecule has 7 nitrogen and oxygen atoms in total. The fraction of sp³-hybridized carbons (Fsp3) is 0.400. The van der Waals surface area contributed by atoms with E-state index in [0.29, 0.717) is 19.7 Å². The molecular formula is C25H33IN6O. The van der Waals surface area contributed by atoms with Crippen molar-refractivity contribution >= 4 is 29.9 Å². The summed E-state index contributed by atoms with van der Waals surface area (Å²) >= 11 is 0. The lowest BCUT2D eigenvalue weighted by molar-refractivity contribution is -0.00842. The van der Waals surface area contributed by atoms with E-state index in [1.165, 1.54) is 22.3 Å². The average molecular weight is 560 g/mol. The smallest absolute Gasteiger partial charge is 0.194 e. The van der Waals surface area contributed by atoms with Crippen LogP contribution >= 0.6 is 24.0 Å². The maximum atomic E-state index is 6.16. The number of nitrogens with zero attached hydrogens (tertiary/aromatic N) is 5. The molecule has 0 amide bonds. The number of rotatable bonds is 5. The van der Waals surface area contributed by atoms with Gasteiger partial charge < -0.3 is 19.5 Å². The molecule has 33 heavy (non-hydrogen) atoms. The Labute approximate surface area is 213 Å². The molecule has 1 fully saturated rings. The minimum Gasteiger partial charge on any atom is -0.370 e. The summed E-state index contributed by atoms with van der Waals surface area (Å²) in [6.07, 6.45) is 0.0187. The Kier molecular flexibility index (Phi) is 8.85. The van der Waals surface area contributed by atoms with Crippen molar-refractivity contribution in [2.75, 3.05) is 19.7 Å². The molecule has 0 saturated carbocycles. The van der Waals surface area contributed by atoms with E-state index in [-0.39, 0.29) is 30.1 Å². The third-order valence-corrected chi connectivity index (χ3v) is 5.98. The number of benzene rings is 2. The molecule has 1 aliphatic heterocycles. The van der Waals surface area contributed by atoms with Crippen LogP contribution in [0.25, 0.3) is 0 Å². The number of ether oxygens (including phenoxy) is 1. The van der Waals surface area contributed by atoms with Crippen molar-refractivity contribution in [3.63, 3.8) is 0 Å². The first-order valence-electron chi connectivity index (χ1n) is 11.1. The number of aromatic nitrogens is 3. The van der Waals surface area contributed by atoms with Gasteiger partial charge in [-0.2, -0.15) is 0 Å². The van der Waals surface area contributed by atoms with Crippen molar-refractivity contribution < 1.29 is 4.74 Å². The predicted molar refractivity (Wildman–Crippen MR) is 142 cm³/mol. The van der Waals surface area contributed by atoms with Crippen LogP contribution in [0, 0.1) is 20.8 Å². The molecule has 1 saturated heterocycles. The number of aryl methyl sites for hydroxylation is 3. The van der Waals surface area contributed by atoms with Gasteiger partial charge in [-0.15, -0.1) is 34.2 Å². The monoisotopic (exact) mass is 560 g/mol. The molecule has 1 aromatic heterocycles. The topological polar surface area (TPSA) is 67.6 Å². The quantitative estimate of drug-likeness (QED) is 0.290. The van der Waals surface area contributed by atoms with Gasteiger partial charge in [-0.1, -0.05) is 54.1 Å². The molecule has 1 N–H and O–H groups in total. The minimum atomic E-state index is 0. The van der Waals surface area contributed by atoms with Gasteiger partial charge in [0.2, 0.25) is 0 Å². The lowest BCUT2D eigenvalue weighted by Gasteiger charge is -2.36. The van der Waals surface area contributed by atoms with Crippen LogP contribution < -0.4 is 5.32 Å². The first-order valence-corrected chi connectivity index (χ1v) is 11.1. The van der Waals surface area contributed by atoms with Gasteiger partial charge in [0.05, 0.1) is 26.2 Å². The highest BCUT2D eigenvalue weighted by atomic mass is 127. The van der Waals surface area contributed by atoms with E-state index >= 15 is 0 Å². The summed E-state index contributed by atoms with van der Waals surface area (Å²) in [4.78, 5) is 7.24. The highest BCUT2D eigenvalue weighted by Gasteiger charge is 2.25. The van der Waals surface area contributed by atoms with Crippen molar-refractivity contribution in [3.05, 3.63) is 82.4 Å². The van der Waals surface area contributed by atoms with Crippen LogP contribution in [0.3, 0.4) is 0 Å². The summed E-state index contributed by atoms with van der Waals surface area (Å²) in [5.74, 6) is 2.65. The van der Waals surface area contributed by atoms with Gasteiger partial charge in [-0.3, -0.25) is 0 Å². The Morgan fingerprint density at radius 3 is 2.61 bits per heavy atom. The largest absolute Gasteiger partial charge is 0.370 e. The Hall–Kier alpha value is -2.46. The van der Waals surface area contributed by atoms with Gasteiger partial charge in [0.1, 0.15) is 11.9 Å². The summed E-state index contributed by atoms with van der Waals surface area (Å²) in [7, 11) is 1.98. The van der Waals surface area contributed by atoms with E-state index < -0.39 is 0 Å². The number of nitrogens with one attached hydrogen (secondary N) is 1. The van der Waals surface area contributed by atoms with Crippen LogP contribution in [0.1, 0.15) is 40.0 Å². The second-order valence-electron chi connectivity index (χ2n) is 8.37. The summed E-state index contributed by atoms with van der Waals surface area (Å²) < 4.78 is 8.16. The first-order chi connectivity index (χ1) is 15.5. The number of hydrogen-bond donors (Lipinski definition) is 1. The Bertz CT molecular complexity index is 1080. The van der Waals surface area contributed by atoms with Crippen LogP contribution in [-0.2, 0) is 24.9 Å². The fourth-order valence-corrected chi connectivity index (χ4v) is 4.00. The molecule has 2 aromatic carbocycles. The zero-order valence-electron chi connectivity index (χ0n) is 19.8. The summed E-state index contributed by atoms with van der Waals surface area (Å²) in [6, 6.07) is 16.9. The molecule has 1 aliphatic rings. The molecule has 4 rings (SSSR count). The number of morpholine rings is 1. The molecule has 0 bridgehead atoms. The molecule has 0 spiro atoms. The normalized spacial score (nSPS) is 16.4. The van der Waals surface area contributed by atoms with Crippen LogP contribution in [-0.4, -0.2) is 45.3 Å². The first kappa shape index (κ1) is 25.2. The van der Waals surface area contributed by atoms with Crippen molar-refractivity contribution in [1.29, 1.82) is 0 Å². The predicted octanol–water partition coefficient (Wildman–Crippen LogP) is 4.08. The molecule has 0 aliphatic carbocycles. The van der Waals surface area contributed by atoms with Gasteiger partial charge in [0.25, 0.3) is 0 Å².